The summed E-state index contributed by atoms with van der Waals surface area (Å²) >= 11 is 1.65. The van der Waals surface area contributed by atoms with Crippen molar-refractivity contribution in [3.05, 3.63) is 51.0 Å². The molecular weight excluding hydrogens is 288 g/mol. The summed E-state index contributed by atoms with van der Waals surface area (Å²) in [4.78, 5) is 31.2. The number of carboxylic acids is 1. The fourth-order valence-electron chi connectivity index (χ4n) is 1.98. The largest absolute Gasteiger partial charge is 0.478 e. The van der Waals surface area contributed by atoms with E-state index in [4.69, 9.17) is 5.11 Å². The molecule has 2 heterocycles. The Morgan fingerprint density at radius 2 is 1.95 bits per heavy atom. The minimum atomic E-state index is -1.04. The van der Waals surface area contributed by atoms with Crippen molar-refractivity contribution in [1.29, 1.82) is 0 Å². The van der Waals surface area contributed by atoms with Crippen LogP contribution in [0.2, 0.25) is 0 Å². The van der Waals surface area contributed by atoms with Crippen LogP contribution in [0.1, 0.15) is 36.3 Å². The second kappa shape index (κ2) is 6.05. The van der Waals surface area contributed by atoms with Gasteiger partial charge in [-0.05, 0) is 38.1 Å². The van der Waals surface area contributed by atoms with Crippen molar-refractivity contribution in [3.63, 3.8) is 0 Å². The molecule has 0 saturated carbocycles. The third-order valence-corrected chi connectivity index (χ3v) is 4.06. The van der Waals surface area contributed by atoms with Gasteiger partial charge in [0.1, 0.15) is 5.69 Å². The number of rotatable bonds is 4. The van der Waals surface area contributed by atoms with Crippen LogP contribution in [-0.2, 0) is 6.54 Å². The van der Waals surface area contributed by atoms with E-state index in [1.54, 1.807) is 30.2 Å². The minimum absolute atomic E-state index is 0.114. The molecule has 5 nitrogen and oxygen atoms in total. The summed E-state index contributed by atoms with van der Waals surface area (Å²) in [6.07, 6.45) is 0. The van der Waals surface area contributed by atoms with Gasteiger partial charge in [-0.2, -0.15) is 0 Å². The second-order valence-electron chi connectivity index (χ2n) is 4.81. The molecule has 0 saturated heterocycles. The van der Waals surface area contributed by atoms with Crippen molar-refractivity contribution < 1.29 is 14.7 Å². The smallest absolute Gasteiger partial charge is 0.337 e. The maximum atomic E-state index is 12.3. The third-order valence-electron chi connectivity index (χ3n) is 3.07. The first kappa shape index (κ1) is 15.2. The summed E-state index contributed by atoms with van der Waals surface area (Å²) < 4.78 is 0. The lowest BCUT2D eigenvalue weighted by Crippen LogP contribution is -2.27. The van der Waals surface area contributed by atoms with E-state index in [-0.39, 0.29) is 17.2 Å². The van der Waals surface area contributed by atoms with E-state index in [0.29, 0.717) is 12.2 Å². The molecule has 0 aliphatic rings. The van der Waals surface area contributed by atoms with Crippen LogP contribution in [0.3, 0.4) is 0 Å². The van der Waals surface area contributed by atoms with Gasteiger partial charge >= 0.3 is 5.97 Å². The SMILES string of the molecule is Cc1ccc(CN(C)C(=O)c2ccc(C(=O)O)c(C)n2)s1. The molecule has 1 N–H and O–H groups in total. The maximum absolute atomic E-state index is 12.3. The number of pyridine rings is 1. The first-order valence-corrected chi connectivity index (χ1v) is 7.22. The number of thiophene rings is 1. The van der Waals surface area contributed by atoms with Gasteiger partial charge in [0.05, 0.1) is 17.8 Å². The zero-order valence-corrected chi connectivity index (χ0v) is 12.9. The summed E-state index contributed by atoms with van der Waals surface area (Å²) in [5, 5.41) is 8.97. The highest BCUT2D eigenvalue weighted by atomic mass is 32.1. The van der Waals surface area contributed by atoms with Gasteiger partial charge in [-0.15, -0.1) is 11.3 Å². The molecule has 0 spiro atoms. The van der Waals surface area contributed by atoms with Gasteiger partial charge in [-0.1, -0.05) is 0 Å². The lowest BCUT2D eigenvalue weighted by molar-refractivity contribution is 0.0693. The fraction of sp³-hybridized carbons (Fsp3) is 0.267. The molecule has 0 fully saturated rings. The Morgan fingerprint density at radius 1 is 1.24 bits per heavy atom. The number of hydrogen-bond acceptors (Lipinski definition) is 4. The van der Waals surface area contributed by atoms with Crippen molar-refractivity contribution in [3.8, 4) is 0 Å². The van der Waals surface area contributed by atoms with Crippen LogP contribution < -0.4 is 0 Å². The van der Waals surface area contributed by atoms with Crippen molar-refractivity contribution >= 4 is 23.2 Å². The van der Waals surface area contributed by atoms with Gasteiger partial charge in [0, 0.05) is 16.8 Å². The normalized spacial score (nSPS) is 10.4. The van der Waals surface area contributed by atoms with Crippen LogP contribution in [0.4, 0.5) is 0 Å². The molecule has 0 aromatic carbocycles. The predicted molar refractivity (Wildman–Crippen MR) is 80.8 cm³/mol. The number of aryl methyl sites for hydroxylation is 2. The number of hydrogen-bond donors (Lipinski definition) is 1. The van der Waals surface area contributed by atoms with E-state index in [0.717, 1.165) is 4.88 Å². The van der Waals surface area contributed by atoms with Gasteiger partial charge in [0.15, 0.2) is 0 Å². The highest BCUT2D eigenvalue weighted by Crippen LogP contribution is 2.17. The van der Waals surface area contributed by atoms with Gasteiger partial charge in [-0.3, -0.25) is 4.79 Å². The van der Waals surface area contributed by atoms with Crippen molar-refractivity contribution in [2.75, 3.05) is 7.05 Å². The van der Waals surface area contributed by atoms with Crippen LogP contribution in [0.15, 0.2) is 24.3 Å². The zero-order chi connectivity index (χ0) is 15.6. The van der Waals surface area contributed by atoms with Crippen molar-refractivity contribution in [2.45, 2.75) is 20.4 Å². The molecule has 2 aromatic rings. The molecule has 0 unspecified atom stereocenters. The molecule has 110 valence electrons. The highest BCUT2D eigenvalue weighted by molar-refractivity contribution is 7.11. The second-order valence-corrected chi connectivity index (χ2v) is 6.18. The third kappa shape index (κ3) is 3.46. The molecular formula is C15H16N2O3S. The Balaban J connectivity index is 2.15. The van der Waals surface area contributed by atoms with E-state index in [1.807, 2.05) is 19.1 Å². The molecule has 1 amide bonds. The monoisotopic (exact) mass is 304 g/mol. The number of amides is 1. The van der Waals surface area contributed by atoms with Gasteiger partial charge < -0.3 is 10.0 Å². The summed E-state index contributed by atoms with van der Waals surface area (Å²) in [6.45, 7) is 4.12. The standard InChI is InChI=1S/C15H16N2O3S/c1-9-4-5-11(21-9)8-17(3)14(18)13-7-6-12(15(19)20)10(2)16-13/h4-7H,8H2,1-3H3,(H,19,20). The quantitative estimate of drug-likeness (QED) is 0.943. The fourth-order valence-corrected chi connectivity index (χ4v) is 2.92. The molecule has 0 radical (unpaired) electrons. The number of carboxylic acid groups (broad SMARTS) is 1. The number of aromatic nitrogens is 1. The van der Waals surface area contributed by atoms with E-state index in [2.05, 4.69) is 4.98 Å². The van der Waals surface area contributed by atoms with Crippen LogP contribution >= 0.6 is 11.3 Å². The average molecular weight is 304 g/mol. The summed E-state index contributed by atoms with van der Waals surface area (Å²) in [7, 11) is 1.71. The first-order chi connectivity index (χ1) is 9.88. The Hall–Kier alpha value is -2.21. The van der Waals surface area contributed by atoms with E-state index >= 15 is 0 Å². The Bertz CT molecular complexity index is 694. The van der Waals surface area contributed by atoms with E-state index in [1.165, 1.54) is 17.0 Å². The topological polar surface area (TPSA) is 70.5 Å². The Morgan fingerprint density at radius 3 is 2.48 bits per heavy atom. The number of carbonyl (C=O) groups is 2. The number of nitrogens with zero attached hydrogens (tertiary/aromatic N) is 2. The van der Waals surface area contributed by atoms with Crippen molar-refractivity contribution in [1.82, 2.24) is 9.88 Å². The van der Waals surface area contributed by atoms with Crippen molar-refractivity contribution in [2.24, 2.45) is 0 Å². The summed E-state index contributed by atoms with van der Waals surface area (Å²) in [5.41, 5.74) is 0.713. The van der Waals surface area contributed by atoms with Crippen LogP contribution in [-0.4, -0.2) is 33.9 Å². The zero-order valence-electron chi connectivity index (χ0n) is 12.1. The molecule has 2 rings (SSSR count). The lowest BCUT2D eigenvalue weighted by atomic mass is 10.2. The summed E-state index contributed by atoms with van der Waals surface area (Å²) in [6, 6.07) is 6.88. The molecule has 0 atom stereocenters. The molecule has 6 heteroatoms. The van der Waals surface area contributed by atoms with E-state index in [9.17, 15) is 9.59 Å². The predicted octanol–water partition coefficient (Wildman–Crippen LogP) is 2.73. The Kier molecular flexibility index (Phi) is 4.37. The van der Waals surface area contributed by atoms with Gasteiger partial charge in [0.25, 0.3) is 5.91 Å². The van der Waals surface area contributed by atoms with Crippen LogP contribution in [0.25, 0.3) is 0 Å². The van der Waals surface area contributed by atoms with Crippen LogP contribution in [0, 0.1) is 13.8 Å². The molecule has 0 aliphatic carbocycles. The van der Waals surface area contributed by atoms with E-state index < -0.39 is 5.97 Å². The van der Waals surface area contributed by atoms with Gasteiger partial charge in [0.2, 0.25) is 0 Å². The molecule has 2 aromatic heterocycles. The summed E-state index contributed by atoms with van der Waals surface area (Å²) in [5.74, 6) is -1.26. The first-order valence-electron chi connectivity index (χ1n) is 6.40. The van der Waals surface area contributed by atoms with Crippen LogP contribution in [0.5, 0.6) is 0 Å². The number of carbonyl (C=O) groups excluding carboxylic acids is 1. The molecule has 0 bridgehead atoms. The molecule has 21 heavy (non-hydrogen) atoms. The maximum Gasteiger partial charge on any atom is 0.337 e. The Labute approximate surface area is 126 Å². The van der Waals surface area contributed by atoms with Gasteiger partial charge in [-0.25, -0.2) is 9.78 Å². The average Bonchev–Trinajstić information content (AvgIpc) is 2.82. The molecule has 0 aliphatic heterocycles. The highest BCUT2D eigenvalue weighted by Gasteiger charge is 2.17. The lowest BCUT2D eigenvalue weighted by Gasteiger charge is -2.16. The minimum Gasteiger partial charge on any atom is -0.478 e. The number of aromatic carboxylic acids is 1.